The monoisotopic (exact) mass is 346 g/mol. The maximum Gasteiger partial charge on any atom is 0.308 e. The highest BCUT2D eigenvalue weighted by Crippen LogP contribution is 2.26. The molecule has 2 atom stereocenters. The Morgan fingerprint density at radius 3 is 2.56 bits per heavy atom. The lowest BCUT2D eigenvalue weighted by Crippen LogP contribution is -2.47. The smallest absolute Gasteiger partial charge is 0.308 e. The highest BCUT2D eigenvalue weighted by atomic mass is 16.4. The number of benzene rings is 1. The van der Waals surface area contributed by atoms with E-state index in [2.05, 4.69) is 5.32 Å². The minimum Gasteiger partial charge on any atom is -0.481 e. The number of carboxylic acids is 1. The zero-order valence-corrected chi connectivity index (χ0v) is 14.6. The molecule has 1 aliphatic heterocycles. The van der Waals surface area contributed by atoms with Gasteiger partial charge in [0.15, 0.2) is 0 Å². The van der Waals surface area contributed by atoms with Crippen molar-refractivity contribution in [1.29, 1.82) is 0 Å². The van der Waals surface area contributed by atoms with E-state index in [0.29, 0.717) is 19.4 Å². The van der Waals surface area contributed by atoms with Crippen molar-refractivity contribution in [1.82, 2.24) is 10.2 Å². The molecule has 1 aromatic rings. The van der Waals surface area contributed by atoms with E-state index in [9.17, 15) is 19.5 Å². The van der Waals surface area contributed by atoms with Crippen molar-refractivity contribution in [2.75, 3.05) is 13.1 Å². The molecule has 2 N–H and O–H groups in total. The van der Waals surface area contributed by atoms with Gasteiger partial charge in [-0.05, 0) is 24.8 Å². The standard InChI is InChI=1S/C19H26N2O4/c1-2-8-15(19(24)25)13-20-18(23)17(14-9-4-3-5-10-14)21-12-7-6-11-16(21)22/h3-5,9-10,15,17H,2,6-8,11-13H2,1H3,(H,20,23)(H,24,25). The van der Waals surface area contributed by atoms with Crippen LogP contribution >= 0.6 is 0 Å². The summed E-state index contributed by atoms with van der Waals surface area (Å²) in [4.78, 5) is 38.0. The first-order valence-corrected chi connectivity index (χ1v) is 8.89. The molecule has 1 aromatic carbocycles. The van der Waals surface area contributed by atoms with Gasteiger partial charge in [-0.25, -0.2) is 0 Å². The average Bonchev–Trinajstić information content (AvgIpc) is 2.61. The van der Waals surface area contributed by atoms with E-state index in [-0.39, 0.29) is 18.4 Å². The van der Waals surface area contributed by atoms with Crippen LogP contribution in [0.25, 0.3) is 0 Å². The average molecular weight is 346 g/mol. The number of rotatable bonds is 8. The fourth-order valence-corrected chi connectivity index (χ4v) is 3.19. The molecule has 0 aliphatic carbocycles. The number of piperidine rings is 1. The molecule has 1 heterocycles. The molecule has 1 fully saturated rings. The van der Waals surface area contributed by atoms with E-state index in [0.717, 1.165) is 24.8 Å². The summed E-state index contributed by atoms with van der Waals surface area (Å²) >= 11 is 0. The molecular weight excluding hydrogens is 320 g/mol. The Labute approximate surface area is 148 Å². The van der Waals surface area contributed by atoms with Crippen molar-refractivity contribution in [2.24, 2.45) is 5.92 Å². The van der Waals surface area contributed by atoms with Crippen LogP contribution in [0.2, 0.25) is 0 Å². The highest BCUT2D eigenvalue weighted by molar-refractivity contribution is 5.89. The van der Waals surface area contributed by atoms with E-state index in [1.807, 2.05) is 37.3 Å². The van der Waals surface area contributed by atoms with Crippen LogP contribution in [0, 0.1) is 5.92 Å². The number of hydrogen-bond donors (Lipinski definition) is 2. The first kappa shape index (κ1) is 19.0. The van der Waals surface area contributed by atoms with E-state index in [1.54, 1.807) is 4.90 Å². The lowest BCUT2D eigenvalue weighted by atomic mass is 9.99. The van der Waals surface area contributed by atoms with Crippen LogP contribution in [0.15, 0.2) is 30.3 Å². The van der Waals surface area contributed by atoms with Crippen LogP contribution in [-0.4, -0.2) is 40.9 Å². The van der Waals surface area contributed by atoms with Crippen molar-refractivity contribution in [2.45, 2.75) is 45.1 Å². The zero-order valence-electron chi connectivity index (χ0n) is 14.6. The summed E-state index contributed by atoms with van der Waals surface area (Å²) in [5.41, 5.74) is 0.748. The predicted octanol–water partition coefficient (Wildman–Crippen LogP) is 2.36. The van der Waals surface area contributed by atoms with Crippen LogP contribution in [0.5, 0.6) is 0 Å². The Morgan fingerprint density at radius 1 is 1.24 bits per heavy atom. The van der Waals surface area contributed by atoms with Crippen molar-refractivity contribution in [3.8, 4) is 0 Å². The summed E-state index contributed by atoms with van der Waals surface area (Å²) in [6, 6.07) is 8.48. The number of carbonyl (C=O) groups excluding carboxylic acids is 2. The van der Waals surface area contributed by atoms with Crippen LogP contribution in [0.1, 0.15) is 50.6 Å². The summed E-state index contributed by atoms with van der Waals surface area (Å²) in [6.07, 6.45) is 3.41. The third kappa shape index (κ3) is 5.05. The third-order valence-electron chi connectivity index (χ3n) is 4.54. The molecule has 6 heteroatoms. The highest BCUT2D eigenvalue weighted by Gasteiger charge is 2.33. The lowest BCUT2D eigenvalue weighted by molar-refractivity contribution is -0.144. The second-order valence-corrected chi connectivity index (χ2v) is 6.43. The predicted molar refractivity (Wildman–Crippen MR) is 93.8 cm³/mol. The van der Waals surface area contributed by atoms with Gasteiger partial charge < -0.3 is 15.3 Å². The summed E-state index contributed by atoms with van der Waals surface area (Å²) in [5, 5.41) is 12.0. The summed E-state index contributed by atoms with van der Waals surface area (Å²) in [7, 11) is 0. The number of hydrogen-bond acceptors (Lipinski definition) is 3. The Kier molecular flexibility index (Phi) is 6.98. The normalized spacial score (nSPS) is 17.0. The van der Waals surface area contributed by atoms with Gasteiger partial charge in [0, 0.05) is 19.5 Å². The molecule has 0 spiro atoms. The molecule has 0 bridgehead atoms. The molecule has 0 aromatic heterocycles. The molecule has 1 saturated heterocycles. The van der Waals surface area contributed by atoms with Crippen molar-refractivity contribution < 1.29 is 19.5 Å². The van der Waals surface area contributed by atoms with Gasteiger partial charge in [-0.1, -0.05) is 43.7 Å². The van der Waals surface area contributed by atoms with Crippen LogP contribution < -0.4 is 5.32 Å². The minimum atomic E-state index is -0.910. The Bertz CT molecular complexity index is 603. The van der Waals surface area contributed by atoms with Crippen molar-refractivity contribution >= 4 is 17.8 Å². The Balaban J connectivity index is 2.15. The Hall–Kier alpha value is -2.37. The number of aliphatic carboxylic acids is 1. The largest absolute Gasteiger partial charge is 0.481 e. The van der Waals surface area contributed by atoms with Crippen molar-refractivity contribution in [3.05, 3.63) is 35.9 Å². The fraction of sp³-hybridized carbons (Fsp3) is 0.526. The number of nitrogens with zero attached hydrogens (tertiary/aromatic N) is 1. The van der Waals surface area contributed by atoms with Gasteiger partial charge in [0.25, 0.3) is 0 Å². The number of amides is 2. The van der Waals surface area contributed by atoms with Gasteiger partial charge in [0.2, 0.25) is 11.8 Å². The summed E-state index contributed by atoms with van der Waals surface area (Å²) < 4.78 is 0. The van der Waals surface area contributed by atoms with Crippen LogP contribution in [0.3, 0.4) is 0 Å². The number of carbonyl (C=O) groups is 3. The van der Waals surface area contributed by atoms with E-state index in [1.165, 1.54) is 0 Å². The number of likely N-dealkylation sites (tertiary alicyclic amines) is 1. The lowest BCUT2D eigenvalue weighted by Gasteiger charge is -2.34. The quantitative estimate of drug-likeness (QED) is 0.756. The molecule has 0 saturated carbocycles. The summed E-state index contributed by atoms with van der Waals surface area (Å²) in [5.74, 6) is -1.86. The molecule has 1 aliphatic rings. The SMILES string of the molecule is CCCC(CNC(=O)C(c1ccccc1)N1CCCCC1=O)C(=O)O. The fourth-order valence-electron chi connectivity index (χ4n) is 3.19. The number of carboxylic acid groups (broad SMARTS) is 1. The summed E-state index contributed by atoms with van der Waals surface area (Å²) in [6.45, 7) is 2.54. The van der Waals surface area contributed by atoms with Gasteiger partial charge in [-0.2, -0.15) is 0 Å². The van der Waals surface area contributed by atoms with Gasteiger partial charge >= 0.3 is 5.97 Å². The van der Waals surface area contributed by atoms with E-state index in [4.69, 9.17) is 0 Å². The molecule has 25 heavy (non-hydrogen) atoms. The molecule has 2 amide bonds. The van der Waals surface area contributed by atoms with Crippen LogP contribution in [-0.2, 0) is 14.4 Å². The molecule has 2 unspecified atom stereocenters. The molecule has 136 valence electrons. The first-order valence-electron chi connectivity index (χ1n) is 8.89. The van der Waals surface area contributed by atoms with Gasteiger partial charge in [-0.15, -0.1) is 0 Å². The van der Waals surface area contributed by atoms with E-state index >= 15 is 0 Å². The maximum absolute atomic E-state index is 12.8. The number of nitrogens with one attached hydrogen (secondary N) is 1. The van der Waals surface area contributed by atoms with Crippen LogP contribution in [0.4, 0.5) is 0 Å². The first-order chi connectivity index (χ1) is 12.0. The topological polar surface area (TPSA) is 86.7 Å². The van der Waals surface area contributed by atoms with Gasteiger partial charge in [0.05, 0.1) is 5.92 Å². The second-order valence-electron chi connectivity index (χ2n) is 6.43. The van der Waals surface area contributed by atoms with Gasteiger partial charge in [0.1, 0.15) is 6.04 Å². The molecule has 2 rings (SSSR count). The third-order valence-corrected chi connectivity index (χ3v) is 4.54. The zero-order chi connectivity index (χ0) is 18.2. The Morgan fingerprint density at radius 2 is 1.96 bits per heavy atom. The van der Waals surface area contributed by atoms with Gasteiger partial charge in [-0.3, -0.25) is 14.4 Å². The molecule has 0 radical (unpaired) electrons. The van der Waals surface area contributed by atoms with Crippen molar-refractivity contribution in [3.63, 3.8) is 0 Å². The molecular formula is C19H26N2O4. The maximum atomic E-state index is 12.8. The second kappa shape index (κ2) is 9.20. The molecule has 6 nitrogen and oxygen atoms in total. The van der Waals surface area contributed by atoms with E-state index < -0.39 is 17.9 Å². The minimum absolute atomic E-state index is 0.0291.